The topological polar surface area (TPSA) is 406 Å². The van der Waals surface area contributed by atoms with E-state index in [0.717, 1.165) is 0 Å². The number of rotatable bonds is 17. The highest BCUT2D eigenvalue weighted by Gasteiger charge is 2.26. The predicted octanol–water partition coefficient (Wildman–Crippen LogP) is -11.2. The third-order valence-electron chi connectivity index (χ3n) is 4.66. The van der Waals surface area contributed by atoms with Crippen molar-refractivity contribution in [1.29, 1.82) is 0 Å². The van der Waals surface area contributed by atoms with Crippen LogP contribution in [0, 0.1) is 0 Å². The van der Waals surface area contributed by atoms with E-state index in [9.17, 15) is 0 Å². The molecule has 0 bridgehead atoms. The Labute approximate surface area is 247 Å². The van der Waals surface area contributed by atoms with Crippen LogP contribution in [0.3, 0.4) is 0 Å². The molecule has 21 nitrogen and oxygen atoms in total. The Morgan fingerprint density at radius 2 is 0.535 bits per heavy atom. The standard InChI is InChI=1S/C6H12O5.4C4H10O4/c7-1-4(8)5(9)2-10-6-3-11-6;4*5-1-3(7)4(8)2-6/h4-9H,1-3H2;4*3-8H,1-2H2/t4-,5+,6?;4*3-,4+/m1..../s1. The van der Waals surface area contributed by atoms with Crippen molar-refractivity contribution in [2.75, 3.05) is 72.7 Å². The molecule has 1 saturated heterocycles. The molecule has 0 amide bonds. The number of aliphatic hydroxyl groups excluding tert-OH is 19. The highest BCUT2D eigenvalue weighted by Crippen LogP contribution is 2.10. The SMILES string of the molecule is OC[C@@H](O)[C@@H](O)CO.OC[C@@H](O)[C@@H](O)CO.OC[C@@H](O)[C@@H](O)CO.OC[C@@H](O)[C@@H](O)CO.OC[C@@H](O)[C@@H](O)COC1CO1. The third kappa shape index (κ3) is 30.9. The molecule has 0 saturated carbocycles. The molecule has 1 unspecified atom stereocenters. The number of hydrogen-bond acceptors (Lipinski definition) is 21. The van der Waals surface area contributed by atoms with Crippen molar-refractivity contribution in [3.8, 4) is 0 Å². The van der Waals surface area contributed by atoms with Crippen molar-refractivity contribution in [3.63, 3.8) is 0 Å². The van der Waals surface area contributed by atoms with E-state index in [1.807, 2.05) is 0 Å². The van der Waals surface area contributed by atoms with Crippen molar-refractivity contribution >= 4 is 0 Å². The number of aliphatic hydroxyl groups is 19. The molecule has 0 aromatic carbocycles. The van der Waals surface area contributed by atoms with Crippen LogP contribution >= 0.6 is 0 Å². The van der Waals surface area contributed by atoms with E-state index in [-0.39, 0.29) is 12.9 Å². The molecule has 0 aromatic rings. The van der Waals surface area contributed by atoms with Gasteiger partial charge >= 0.3 is 0 Å². The van der Waals surface area contributed by atoms with Crippen LogP contribution in [-0.4, -0.2) is 237 Å². The normalized spacial score (nSPS) is 20.6. The summed E-state index contributed by atoms with van der Waals surface area (Å²) in [5.74, 6) is 0. The van der Waals surface area contributed by atoms with Gasteiger partial charge in [-0.15, -0.1) is 0 Å². The Balaban J connectivity index is -0.000000223. The molecule has 1 fully saturated rings. The molecule has 266 valence electrons. The van der Waals surface area contributed by atoms with Gasteiger partial charge in [0, 0.05) is 0 Å². The summed E-state index contributed by atoms with van der Waals surface area (Å²) in [6.45, 7) is -4.13. The number of epoxide rings is 1. The van der Waals surface area contributed by atoms with Crippen LogP contribution in [0.2, 0.25) is 0 Å². The summed E-state index contributed by atoms with van der Waals surface area (Å²) in [7, 11) is 0. The van der Waals surface area contributed by atoms with Gasteiger partial charge in [0.05, 0.1) is 66.1 Å². The summed E-state index contributed by atoms with van der Waals surface area (Å²) in [6, 6.07) is 0. The lowest BCUT2D eigenvalue weighted by Crippen LogP contribution is -2.33. The average Bonchev–Trinajstić information content (AvgIpc) is 3.89. The van der Waals surface area contributed by atoms with Gasteiger partial charge in [-0.3, -0.25) is 0 Å². The van der Waals surface area contributed by atoms with Gasteiger partial charge in [-0.2, -0.15) is 0 Å². The minimum absolute atomic E-state index is 0.00755. The Hall–Kier alpha value is -0.840. The Bertz CT molecular complexity index is 451. The molecule has 1 heterocycles. The van der Waals surface area contributed by atoms with Gasteiger partial charge in [-0.1, -0.05) is 0 Å². The fourth-order valence-corrected chi connectivity index (χ4v) is 1.55. The van der Waals surface area contributed by atoms with Crippen LogP contribution < -0.4 is 0 Å². The van der Waals surface area contributed by atoms with Gasteiger partial charge in [-0.25, -0.2) is 0 Å². The molecule has 1 rings (SSSR count). The Morgan fingerprint density at radius 1 is 0.372 bits per heavy atom. The molecular formula is C22H52O21. The first kappa shape index (κ1) is 49.0. The summed E-state index contributed by atoms with van der Waals surface area (Å²) in [5, 5.41) is 159. The number of ether oxygens (including phenoxy) is 2. The molecule has 19 N–H and O–H groups in total. The van der Waals surface area contributed by atoms with Crippen molar-refractivity contribution in [1.82, 2.24) is 0 Å². The monoisotopic (exact) mass is 652 g/mol. The van der Waals surface area contributed by atoms with Crippen molar-refractivity contribution < 1.29 is 106 Å². The summed E-state index contributed by atoms with van der Waals surface area (Å²) < 4.78 is 9.59. The molecule has 0 aliphatic carbocycles. The Morgan fingerprint density at radius 3 is 0.674 bits per heavy atom. The maximum Gasteiger partial charge on any atom is 0.181 e. The van der Waals surface area contributed by atoms with Gasteiger partial charge in [0.2, 0.25) is 0 Å². The summed E-state index contributed by atoms with van der Waals surface area (Å²) in [5.41, 5.74) is 0. The fraction of sp³-hybridized carbons (Fsp3) is 1.00. The first-order valence-electron chi connectivity index (χ1n) is 12.6. The second kappa shape index (κ2) is 32.6. The van der Waals surface area contributed by atoms with Crippen LogP contribution in [0.5, 0.6) is 0 Å². The van der Waals surface area contributed by atoms with E-state index in [1.54, 1.807) is 0 Å². The van der Waals surface area contributed by atoms with Crippen LogP contribution in [-0.2, 0) is 9.47 Å². The molecule has 0 radical (unpaired) electrons. The third-order valence-corrected chi connectivity index (χ3v) is 4.66. The molecule has 0 spiro atoms. The minimum atomic E-state index is -1.22. The van der Waals surface area contributed by atoms with Crippen molar-refractivity contribution in [3.05, 3.63) is 0 Å². The molecule has 1 aliphatic rings. The van der Waals surface area contributed by atoms with E-state index in [0.29, 0.717) is 6.61 Å². The van der Waals surface area contributed by atoms with Gasteiger partial charge in [0.1, 0.15) is 67.6 Å². The summed E-state index contributed by atoms with van der Waals surface area (Å²) >= 11 is 0. The van der Waals surface area contributed by atoms with Crippen LogP contribution in [0.4, 0.5) is 0 Å². The molecule has 0 aromatic heterocycles. The van der Waals surface area contributed by atoms with E-state index >= 15 is 0 Å². The van der Waals surface area contributed by atoms with Crippen LogP contribution in [0.1, 0.15) is 0 Å². The largest absolute Gasteiger partial charge is 0.394 e. The van der Waals surface area contributed by atoms with Crippen molar-refractivity contribution in [2.24, 2.45) is 0 Å². The number of hydrogen-bond donors (Lipinski definition) is 19. The smallest absolute Gasteiger partial charge is 0.181 e. The Kier molecular flexibility index (Phi) is 37.1. The predicted molar refractivity (Wildman–Crippen MR) is 140 cm³/mol. The highest BCUT2D eigenvalue weighted by molar-refractivity contribution is 4.67. The molecular weight excluding hydrogens is 600 g/mol. The maximum atomic E-state index is 9.00. The fourth-order valence-electron chi connectivity index (χ4n) is 1.55. The van der Waals surface area contributed by atoms with E-state index in [2.05, 4.69) is 0 Å². The van der Waals surface area contributed by atoms with Crippen LogP contribution in [0.25, 0.3) is 0 Å². The minimum Gasteiger partial charge on any atom is -0.394 e. The molecule has 21 heteroatoms. The van der Waals surface area contributed by atoms with E-state index in [1.165, 1.54) is 0 Å². The zero-order valence-corrected chi connectivity index (χ0v) is 23.4. The quantitative estimate of drug-likeness (QED) is 0.0648. The molecule has 43 heavy (non-hydrogen) atoms. The lowest BCUT2D eigenvalue weighted by Gasteiger charge is -2.14. The molecule has 11 atom stereocenters. The summed E-state index contributed by atoms with van der Waals surface area (Å²) in [4.78, 5) is 0. The second-order valence-corrected chi connectivity index (χ2v) is 8.41. The van der Waals surface area contributed by atoms with Gasteiger partial charge in [0.25, 0.3) is 0 Å². The van der Waals surface area contributed by atoms with Gasteiger partial charge < -0.3 is 106 Å². The van der Waals surface area contributed by atoms with Crippen LogP contribution in [0.15, 0.2) is 0 Å². The van der Waals surface area contributed by atoms with Gasteiger partial charge in [0.15, 0.2) is 6.29 Å². The average molecular weight is 653 g/mol. The van der Waals surface area contributed by atoms with E-state index in [4.69, 9.17) is 106 Å². The van der Waals surface area contributed by atoms with Crippen molar-refractivity contribution in [2.45, 2.75) is 67.3 Å². The first-order valence-corrected chi connectivity index (χ1v) is 12.6. The zero-order valence-electron chi connectivity index (χ0n) is 23.4. The lowest BCUT2D eigenvalue weighted by atomic mass is 10.2. The summed E-state index contributed by atoms with van der Waals surface area (Å²) in [6.07, 6.45) is -12.2. The maximum absolute atomic E-state index is 9.00. The second-order valence-electron chi connectivity index (χ2n) is 8.41. The molecule has 1 aliphatic heterocycles. The lowest BCUT2D eigenvalue weighted by molar-refractivity contribution is -0.0733. The van der Waals surface area contributed by atoms with Gasteiger partial charge in [-0.05, 0) is 0 Å². The first-order chi connectivity index (χ1) is 20.1. The van der Waals surface area contributed by atoms with E-state index < -0.39 is 121 Å². The zero-order chi connectivity index (χ0) is 34.5. The highest BCUT2D eigenvalue weighted by atomic mass is 16.8.